The molecule has 1 saturated heterocycles. The SMILES string of the molecule is CC(C)(C)CN1C=CC2=CN=C(N)N(c3ccc(N4CCOCC4)cc3Cl)C2=C1N. The molecule has 4 rings (SSSR count). The van der Waals surface area contributed by atoms with E-state index in [2.05, 4.69) is 36.7 Å². The van der Waals surface area contributed by atoms with Gasteiger partial charge in [-0.1, -0.05) is 32.4 Å². The second-order valence-electron chi connectivity index (χ2n) is 8.88. The minimum absolute atomic E-state index is 0.0767. The zero-order valence-corrected chi connectivity index (χ0v) is 18.5. The quantitative estimate of drug-likeness (QED) is 0.769. The first-order valence-corrected chi connectivity index (χ1v) is 10.5. The number of hydrogen-bond acceptors (Lipinski definition) is 7. The number of halogens is 1. The van der Waals surface area contributed by atoms with Gasteiger partial charge in [-0.15, -0.1) is 0 Å². The Bertz CT molecular complexity index is 953. The molecule has 3 aliphatic heterocycles. The van der Waals surface area contributed by atoms with E-state index in [9.17, 15) is 0 Å². The van der Waals surface area contributed by atoms with Crippen molar-refractivity contribution in [2.75, 3.05) is 42.6 Å². The van der Waals surface area contributed by atoms with Gasteiger partial charge in [0, 0.05) is 43.3 Å². The summed E-state index contributed by atoms with van der Waals surface area (Å²) >= 11 is 6.74. The number of nitrogens with zero attached hydrogens (tertiary/aromatic N) is 4. The number of aliphatic imine (C=N–C) groups is 1. The van der Waals surface area contributed by atoms with Gasteiger partial charge in [-0.2, -0.15) is 0 Å². The summed E-state index contributed by atoms with van der Waals surface area (Å²) in [6, 6.07) is 6.00. The molecule has 0 atom stereocenters. The average Bonchev–Trinajstić information content (AvgIpc) is 2.70. The fourth-order valence-corrected chi connectivity index (χ4v) is 4.12. The van der Waals surface area contributed by atoms with E-state index in [0.717, 1.165) is 55.5 Å². The summed E-state index contributed by atoms with van der Waals surface area (Å²) in [6.07, 6.45) is 5.75. The Hall–Kier alpha value is -2.64. The summed E-state index contributed by atoms with van der Waals surface area (Å²) in [5.41, 5.74) is 16.5. The van der Waals surface area contributed by atoms with Crippen LogP contribution >= 0.6 is 11.6 Å². The molecule has 8 heteroatoms. The fraction of sp³-hybridized carbons (Fsp3) is 0.409. The Labute approximate surface area is 182 Å². The van der Waals surface area contributed by atoms with Crippen LogP contribution < -0.4 is 21.3 Å². The van der Waals surface area contributed by atoms with Crippen LogP contribution in [-0.4, -0.2) is 43.7 Å². The highest BCUT2D eigenvalue weighted by molar-refractivity contribution is 6.34. The van der Waals surface area contributed by atoms with Gasteiger partial charge in [0.05, 0.1) is 29.6 Å². The number of benzene rings is 1. The number of hydrogen-bond donors (Lipinski definition) is 2. The van der Waals surface area contributed by atoms with Crippen LogP contribution in [0, 0.1) is 5.41 Å². The zero-order valence-electron chi connectivity index (χ0n) is 17.7. The van der Waals surface area contributed by atoms with Crippen molar-refractivity contribution in [2.24, 2.45) is 21.9 Å². The molecule has 1 aromatic carbocycles. The van der Waals surface area contributed by atoms with Gasteiger partial charge in [-0.3, -0.25) is 4.90 Å². The van der Waals surface area contributed by atoms with Gasteiger partial charge in [0.25, 0.3) is 0 Å². The summed E-state index contributed by atoms with van der Waals surface area (Å²) in [7, 11) is 0. The highest BCUT2D eigenvalue weighted by Crippen LogP contribution is 2.38. The van der Waals surface area contributed by atoms with E-state index >= 15 is 0 Å². The lowest BCUT2D eigenvalue weighted by Gasteiger charge is -2.38. The van der Waals surface area contributed by atoms with E-state index in [4.69, 9.17) is 27.8 Å². The number of allylic oxidation sites excluding steroid dienone is 1. The van der Waals surface area contributed by atoms with Crippen molar-refractivity contribution in [2.45, 2.75) is 20.8 Å². The molecule has 0 bridgehead atoms. The molecule has 0 spiro atoms. The largest absolute Gasteiger partial charge is 0.383 e. The molecule has 3 aliphatic rings. The Morgan fingerprint density at radius 2 is 1.90 bits per heavy atom. The zero-order chi connectivity index (χ0) is 21.5. The van der Waals surface area contributed by atoms with Gasteiger partial charge < -0.3 is 26.0 Å². The molecule has 1 aromatic rings. The number of ether oxygens (including phenoxy) is 1. The van der Waals surface area contributed by atoms with Gasteiger partial charge in [0.1, 0.15) is 5.82 Å². The molecule has 0 saturated carbocycles. The normalized spacial score (nSPS) is 19.7. The number of anilines is 2. The minimum atomic E-state index is 0.0767. The van der Waals surface area contributed by atoms with E-state index < -0.39 is 0 Å². The minimum Gasteiger partial charge on any atom is -0.383 e. The van der Waals surface area contributed by atoms with Crippen LogP contribution in [0.15, 0.2) is 58.8 Å². The maximum absolute atomic E-state index is 6.74. The van der Waals surface area contributed by atoms with Crippen LogP contribution in [-0.2, 0) is 4.74 Å². The summed E-state index contributed by atoms with van der Waals surface area (Å²) in [6.45, 7) is 10.5. The van der Waals surface area contributed by atoms with Crippen molar-refractivity contribution in [1.82, 2.24) is 4.90 Å². The summed E-state index contributed by atoms with van der Waals surface area (Å²) < 4.78 is 5.45. The average molecular weight is 429 g/mol. The summed E-state index contributed by atoms with van der Waals surface area (Å²) in [4.78, 5) is 10.5. The highest BCUT2D eigenvalue weighted by Gasteiger charge is 2.31. The lowest BCUT2D eigenvalue weighted by atomic mass is 9.95. The third-order valence-corrected chi connectivity index (χ3v) is 5.54. The van der Waals surface area contributed by atoms with Crippen molar-refractivity contribution < 1.29 is 4.74 Å². The third kappa shape index (κ3) is 4.00. The molecule has 160 valence electrons. The molecule has 0 aliphatic carbocycles. The summed E-state index contributed by atoms with van der Waals surface area (Å²) in [5.74, 6) is 0.966. The van der Waals surface area contributed by atoms with Crippen molar-refractivity contribution in [3.05, 3.63) is 58.8 Å². The van der Waals surface area contributed by atoms with E-state index in [0.29, 0.717) is 16.8 Å². The van der Waals surface area contributed by atoms with Crippen molar-refractivity contribution in [1.29, 1.82) is 0 Å². The number of nitrogens with two attached hydrogens (primary N) is 2. The predicted octanol–water partition coefficient (Wildman–Crippen LogP) is 3.20. The van der Waals surface area contributed by atoms with Crippen molar-refractivity contribution >= 4 is 28.9 Å². The van der Waals surface area contributed by atoms with Crippen LogP contribution in [0.3, 0.4) is 0 Å². The second-order valence-corrected chi connectivity index (χ2v) is 9.29. The third-order valence-electron chi connectivity index (χ3n) is 5.24. The first kappa shape index (κ1) is 20.6. The van der Waals surface area contributed by atoms with E-state index in [1.165, 1.54) is 0 Å². The molecule has 30 heavy (non-hydrogen) atoms. The monoisotopic (exact) mass is 428 g/mol. The maximum Gasteiger partial charge on any atom is 0.205 e. The predicted molar refractivity (Wildman–Crippen MR) is 123 cm³/mol. The van der Waals surface area contributed by atoms with E-state index in [1.807, 2.05) is 34.2 Å². The molecule has 0 radical (unpaired) electrons. The lowest BCUT2D eigenvalue weighted by Crippen LogP contribution is -2.44. The molecule has 7 nitrogen and oxygen atoms in total. The topological polar surface area (TPSA) is 83.3 Å². The highest BCUT2D eigenvalue weighted by atomic mass is 35.5. The molecule has 3 heterocycles. The van der Waals surface area contributed by atoms with Crippen molar-refractivity contribution in [3.8, 4) is 0 Å². The molecule has 0 unspecified atom stereocenters. The van der Waals surface area contributed by atoms with Crippen LogP contribution in [0.4, 0.5) is 11.4 Å². The number of morpholine rings is 1. The Morgan fingerprint density at radius 3 is 2.57 bits per heavy atom. The van der Waals surface area contributed by atoms with Crippen LogP contribution in [0.2, 0.25) is 5.02 Å². The Kier molecular flexibility index (Phi) is 5.42. The number of fused-ring (bicyclic) bond motifs is 1. The van der Waals surface area contributed by atoms with Crippen molar-refractivity contribution in [3.63, 3.8) is 0 Å². The number of rotatable bonds is 3. The van der Waals surface area contributed by atoms with E-state index in [-0.39, 0.29) is 5.41 Å². The van der Waals surface area contributed by atoms with Gasteiger partial charge in [-0.25, -0.2) is 4.99 Å². The van der Waals surface area contributed by atoms with Gasteiger partial charge in [0.2, 0.25) is 5.96 Å². The van der Waals surface area contributed by atoms with Gasteiger partial charge in [-0.05, 0) is 29.7 Å². The molecule has 1 fully saturated rings. The molecular weight excluding hydrogens is 400 g/mol. The molecule has 0 amide bonds. The van der Waals surface area contributed by atoms with Crippen LogP contribution in [0.5, 0.6) is 0 Å². The fourth-order valence-electron chi connectivity index (χ4n) is 3.86. The van der Waals surface area contributed by atoms with Crippen LogP contribution in [0.25, 0.3) is 0 Å². The summed E-state index contributed by atoms with van der Waals surface area (Å²) in [5, 5.41) is 0.593. The molecular formula is C22H29ClN6O. The van der Waals surface area contributed by atoms with Crippen LogP contribution in [0.1, 0.15) is 20.8 Å². The van der Waals surface area contributed by atoms with E-state index in [1.54, 1.807) is 6.20 Å². The van der Waals surface area contributed by atoms with Gasteiger partial charge in [0.15, 0.2) is 0 Å². The first-order valence-electron chi connectivity index (χ1n) is 10.2. The Morgan fingerprint density at radius 1 is 1.17 bits per heavy atom. The maximum atomic E-state index is 6.74. The first-order chi connectivity index (χ1) is 14.2. The molecule has 4 N–H and O–H groups in total. The molecule has 0 aromatic heterocycles. The second kappa shape index (κ2) is 7.89. The number of guanidine groups is 1. The smallest absolute Gasteiger partial charge is 0.205 e. The Balaban J connectivity index is 1.71. The lowest BCUT2D eigenvalue weighted by molar-refractivity contribution is 0.122. The van der Waals surface area contributed by atoms with Gasteiger partial charge >= 0.3 is 0 Å². The standard InChI is InChI=1S/C22H29ClN6O/c1-22(2,3)14-28-7-6-15-13-26-21(25)29(19(15)20(28)24)18-5-4-16(12-17(18)23)27-8-10-30-11-9-27/h4-7,12-13H,8-11,14,24H2,1-3H3,(H2,25,26).